The minimum Gasteiger partial charge on any atom is -0.396 e. The summed E-state index contributed by atoms with van der Waals surface area (Å²) in [7, 11) is 0.935. The highest BCUT2D eigenvalue weighted by molar-refractivity contribution is 6.67. The maximum Gasteiger partial charge on any atom is 0.364 e. The molecule has 0 rings (SSSR count). The number of aliphatic hydroxyl groups is 1. The Bertz CT molecular complexity index is 161. The Hall–Kier alpha value is 0.0169. The highest BCUT2D eigenvalue weighted by Gasteiger charge is 2.33. The quantitative estimate of drug-likeness (QED) is 0.350. The van der Waals surface area contributed by atoms with E-state index >= 15 is 0 Å². The van der Waals surface area contributed by atoms with Crippen LogP contribution in [0.15, 0.2) is 0 Å². The van der Waals surface area contributed by atoms with E-state index in [4.69, 9.17) is 14.6 Å². The van der Waals surface area contributed by atoms with Gasteiger partial charge in [0.1, 0.15) is 0 Å². The smallest absolute Gasteiger partial charge is 0.364 e. The lowest BCUT2D eigenvalue weighted by atomic mass is 10.2. The highest BCUT2D eigenvalue weighted by Crippen LogP contribution is 2.12. The lowest BCUT2D eigenvalue weighted by Crippen LogP contribution is -2.45. The average Bonchev–Trinajstić information content (AvgIpc) is 2.38. The number of rotatable bonds is 12. The standard InChI is InChI=1S/C11H28N2O3Si/c1-15-17(11-14,16-2)10-6-9-13-8-5-3-4-7-12/h13-14H,3-12H2,1-2H3. The van der Waals surface area contributed by atoms with Crippen molar-refractivity contribution in [3.05, 3.63) is 0 Å². The predicted molar refractivity (Wildman–Crippen MR) is 72.1 cm³/mol. The largest absolute Gasteiger partial charge is 0.396 e. The SMILES string of the molecule is CO[Si](CO)(CCCNCCCCCN)OC. The molecule has 0 radical (unpaired) electrons. The third-order valence-electron chi connectivity index (χ3n) is 2.95. The molecule has 0 aromatic heterocycles. The Morgan fingerprint density at radius 2 is 1.71 bits per heavy atom. The van der Waals surface area contributed by atoms with Crippen molar-refractivity contribution in [2.75, 3.05) is 40.1 Å². The van der Waals surface area contributed by atoms with Crippen LogP contribution >= 0.6 is 0 Å². The summed E-state index contributed by atoms with van der Waals surface area (Å²) in [5.74, 6) is 0. The predicted octanol–water partition coefficient (Wildman–Crippen LogP) is 0.362. The van der Waals surface area contributed by atoms with E-state index in [-0.39, 0.29) is 6.23 Å². The third-order valence-corrected chi connectivity index (χ3v) is 6.04. The van der Waals surface area contributed by atoms with Gasteiger partial charge in [-0.25, -0.2) is 0 Å². The van der Waals surface area contributed by atoms with Crippen LogP contribution in [0.1, 0.15) is 25.7 Å². The van der Waals surface area contributed by atoms with Gasteiger partial charge in [0, 0.05) is 14.2 Å². The maximum absolute atomic E-state index is 9.26. The molecular weight excluding hydrogens is 236 g/mol. The fraction of sp³-hybridized carbons (Fsp3) is 1.00. The second-order valence-electron chi connectivity index (χ2n) is 4.18. The van der Waals surface area contributed by atoms with Crippen molar-refractivity contribution in [3.8, 4) is 0 Å². The van der Waals surface area contributed by atoms with Crippen molar-refractivity contribution in [2.45, 2.75) is 31.7 Å². The Balaban J connectivity index is 3.43. The van der Waals surface area contributed by atoms with Crippen LogP contribution in [0.2, 0.25) is 6.04 Å². The Labute approximate surface area is 106 Å². The molecule has 17 heavy (non-hydrogen) atoms. The summed E-state index contributed by atoms with van der Waals surface area (Å²) < 4.78 is 10.6. The van der Waals surface area contributed by atoms with Crippen LogP contribution in [0.25, 0.3) is 0 Å². The summed E-state index contributed by atoms with van der Waals surface area (Å²) in [5, 5.41) is 12.6. The second kappa shape index (κ2) is 11.1. The molecule has 0 aromatic carbocycles. The lowest BCUT2D eigenvalue weighted by Gasteiger charge is -2.24. The van der Waals surface area contributed by atoms with Gasteiger partial charge in [0.2, 0.25) is 0 Å². The Morgan fingerprint density at radius 3 is 2.24 bits per heavy atom. The van der Waals surface area contributed by atoms with E-state index in [1.165, 1.54) is 12.8 Å². The van der Waals surface area contributed by atoms with E-state index < -0.39 is 8.56 Å². The van der Waals surface area contributed by atoms with E-state index in [0.717, 1.165) is 38.5 Å². The first-order chi connectivity index (χ1) is 8.24. The molecule has 6 heteroatoms. The number of nitrogens with one attached hydrogen (secondary N) is 1. The van der Waals surface area contributed by atoms with Crippen molar-refractivity contribution in [1.29, 1.82) is 0 Å². The molecule has 0 unspecified atom stereocenters. The van der Waals surface area contributed by atoms with Crippen LogP contribution in [-0.4, -0.2) is 53.8 Å². The van der Waals surface area contributed by atoms with Crippen molar-refractivity contribution in [1.82, 2.24) is 5.32 Å². The molecule has 5 nitrogen and oxygen atoms in total. The normalized spacial score (nSPS) is 12.0. The van der Waals surface area contributed by atoms with Gasteiger partial charge in [-0.1, -0.05) is 6.42 Å². The molecule has 0 fully saturated rings. The van der Waals surface area contributed by atoms with Crippen LogP contribution in [-0.2, 0) is 8.85 Å². The van der Waals surface area contributed by atoms with E-state index in [2.05, 4.69) is 5.32 Å². The minimum absolute atomic E-state index is 0.0243. The molecule has 0 bridgehead atoms. The summed E-state index contributed by atoms with van der Waals surface area (Å²) in [4.78, 5) is 0. The monoisotopic (exact) mass is 264 g/mol. The van der Waals surface area contributed by atoms with Crippen LogP contribution in [0, 0.1) is 0 Å². The molecule has 0 heterocycles. The molecule has 0 aliphatic heterocycles. The molecule has 104 valence electrons. The summed E-state index contributed by atoms with van der Waals surface area (Å²) in [5.41, 5.74) is 5.42. The van der Waals surface area contributed by atoms with Crippen LogP contribution in [0.3, 0.4) is 0 Å². The van der Waals surface area contributed by atoms with Crippen molar-refractivity contribution in [2.24, 2.45) is 5.73 Å². The van der Waals surface area contributed by atoms with Crippen LogP contribution in [0.4, 0.5) is 0 Å². The topological polar surface area (TPSA) is 76.7 Å². The summed E-state index contributed by atoms with van der Waals surface area (Å²) >= 11 is 0. The van der Waals surface area contributed by atoms with E-state index in [1.54, 1.807) is 14.2 Å². The fourth-order valence-corrected chi connectivity index (χ4v) is 3.38. The second-order valence-corrected chi connectivity index (χ2v) is 7.63. The van der Waals surface area contributed by atoms with Crippen LogP contribution in [0.5, 0.6) is 0 Å². The van der Waals surface area contributed by atoms with Gasteiger partial charge in [0.15, 0.2) is 0 Å². The van der Waals surface area contributed by atoms with Gasteiger partial charge in [0.05, 0.1) is 6.23 Å². The van der Waals surface area contributed by atoms with Crippen LogP contribution < -0.4 is 11.1 Å². The van der Waals surface area contributed by atoms with Gasteiger partial charge < -0.3 is 25.0 Å². The molecule has 4 N–H and O–H groups in total. The number of hydrogen-bond donors (Lipinski definition) is 3. The summed E-state index contributed by atoms with van der Waals surface area (Å²) in [6.07, 6.45) is 4.47. The average molecular weight is 264 g/mol. The molecule has 0 aliphatic rings. The molecule has 0 saturated heterocycles. The first-order valence-electron chi connectivity index (χ1n) is 6.36. The first kappa shape index (κ1) is 17.0. The molecule has 0 amide bonds. The molecular formula is C11H28N2O3Si. The Morgan fingerprint density at radius 1 is 1.06 bits per heavy atom. The van der Waals surface area contributed by atoms with Crippen molar-refractivity contribution < 1.29 is 14.0 Å². The number of nitrogens with two attached hydrogens (primary N) is 1. The van der Waals surface area contributed by atoms with E-state index in [1.807, 2.05) is 0 Å². The Kier molecular flexibility index (Phi) is 11.1. The van der Waals surface area contributed by atoms with Gasteiger partial charge in [-0.15, -0.1) is 0 Å². The van der Waals surface area contributed by atoms with Gasteiger partial charge in [0.25, 0.3) is 0 Å². The maximum atomic E-state index is 9.26. The summed E-state index contributed by atoms with van der Waals surface area (Å²) in [6.45, 7) is 2.77. The molecule has 0 aliphatic carbocycles. The zero-order valence-corrected chi connectivity index (χ0v) is 12.2. The van der Waals surface area contributed by atoms with Gasteiger partial charge >= 0.3 is 8.56 Å². The zero-order chi connectivity index (χ0) is 13.0. The molecule has 0 aromatic rings. The molecule has 0 spiro atoms. The van der Waals surface area contributed by atoms with E-state index in [0.29, 0.717) is 0 Å². The number of hydrogen-bond acceptors (Lipinski definition) is 5. The zero-order valence-electron chi connectivity index (χ0n) is 11.2. The third kappa shape index (κ3) is 7.85. The van der Waals surface area contributed by atoms with Crippen molar-refractivity contribution in [3.63, 3.8) is 0 Å². The first-order valence-corrected chi connectivity index (χ1v) is 8.59. The van der Waals surface area contributed by atoms with Gasteiger partial charge in [-0.2, -0.15) is 0 Å². The fourth-order valence-electron chi connectivity index (χ4n) is 1.67. The molecule has 0 saturated carbocycles. The summed E-state index contributed by atoms with van der Waals surface area (Å²) in [6, 6.07) is 0.826. The van der Waals surface area contributed by atoms with Crippen molar-refractivity contribution >= 4 is 8.56 Å². The van der Waals surface area contributed by atoms with Gasteiger partial charge in [-0.05, 0) is 44.9 Å². The lowest BCUT2D eigenvalue weighted by molar-refractivity contribution is 0.196. The highest BCUT2D eigenvalue weighted by atomic mass is 28.4. The number of unbranched alkanes of at least 4 members (excludes halogenated alkanes) is 2. The van der Waals surface area contributed by atoms with E-state index in [9.17, 15) is 5.11 Å². The number of aliphatic hydroxyl groups excluding tert-OH is 1. The molecule has 0 atom stereocenters. The minimum atomic E-state index is -2.30. The van der Waals surface area contributed by atoms with Gasteiger partial charge in [-0.3, -0.25) is 0 Å².